The molecule has 1 unspecified atom stereocenters. The minimum absolute atomic E-state index is 0.0259. The number of nitriles is 1. The van der Waals surface area contributed by atoms with Gasteiger partial charge < -0.3 is 19.7 Å². The van der Waals surface area contributed by atoms with Gasteiger partial charge in [0.15, 0.2) is 12.7 Å². The van der Waals surface area contributed by atoms with Gasteiger partial charge in [-0.15, -0.1) is 0 Å². The number of benzene rings is 2. The van der Waals surface area contributed by atoms with E-state index in [-0.39, 0.29) is 18.4 Å². The standard InChI is InChI=1S/C22H23N3O4/c1-16(29-20-10-3-2-7-17(20)14-23)22(27)24-18-8-6-9-19(13-18)28-15-21(26)25-11-4-5-12-25/h2-3,6-10,13,16H,4-5,11-12,15H2,1H3,(H,24,27). The molecule has 2 aromatic carbocycles. The highest BCUT2D eigenvalue weighted by molar-refractivity contribution is 5.94. The summed E-state index contributed by atoms with van der Waals surface area (Å²) in [6.45, 7) is 3.15. The molecule has 3 rings (SSSR count). The quantitative estimate of drug-likeness (QED) is 0.781. The molecule has 7 nitrogen and oxygen atoms in total. The van der Waals surface area contributed by atoms with Crippen LogP contribution in [-0.2, 0) is 9.59 Å². The van der Waals surface area contributed by atoms with Gasteiger partial charge in [-0.1, -0.05) is 18.2 Å². The Morgan fingerprint density at radius 3 is 2.69 bits per heavy atom. The Balaban J connectivity index is 1.55. The van der Waals surface area contributed by atoms with Crippen molar-refractivity contribution in [2.45, 2.75) is 25.9 Å². The molecule has 1 N–H and O–H groups in total. The highest BCUT2D eigenvalue weighted by Crippen LogP contribution is 2.20. The third kappa shape index (κ3) is 5.48. The Morgan fingerprint density at radius 2 is 1.93 bits per heavy atom. The van der Waals surface area contributed by atoms with E-state index in [2.05, 4.69) is 5.32 Å². The fourth-order valence-corrected chi connectivity index (χ4v) is 3.02. The summed E-state index contributed by atoms with van der Waals surface area (Å²) in [7, 11) is 0. The first-order chi connectivity index (χ1) is 14.1. The zero-order valence-electron chi connectivity index (χ0n) is 16.3. The second-order valence-corrected chi connectivity index (χ2v) is 6.76. The molecule has 1 aliphatic rings. The fourth-order valence-electron chi connectivity index (χ4n) is 3.02. The number of ether oxygens (including phenoxy) is 2. The van der Waals surface area contributed by atoms with E-state index in [4.69, 9.17) is 14.7 Å². The van der Waals surface area contributed by atoms with Crippen LogP contribution in [0.3, 0.4) is 0 Å². The molecule has 2 aromatic rings. The Kier molecular flexibility index (Phi) is 6.69. The molecule has 29 heavy (non-hydrogen) atoms. The van der Waals surface area contributed by atoms with Crippen molar-refractivity contribution in [2.24, 2.45) is 0 Å². The second kappa shape index (κ2) is 9.60. The summed E-state index contributed by atoms with van der Waals surface area (Å²) in [4.78, 5) is 26.3. The molecule has 2 amide bonds. The van der Waals surface area contributed by atoms with Gasteiger partial charge >= 0.3 is 0 Å². The third-order valence-electron chi connectivity index (χ3n) is 4.60. The van der Waals surface area contributed by atoms with Gasteiger partial charge in [0.1, 0.15) is 17.6 Å². The summed E-state index contributed by atoms with van der Waals surface area (Å²) in [5, 5.41) is 11.9. The lowest BCUT2D eigenvalue weighted by molar-refractivity contribution is -0.132. The molecule has 0 aliphatic carbocycles. The van der Waals surface area contributed by atoms with Crippen LogP contribution in [0, 0.1) is 11.3 Å². The van der Waals surface area contributed by atoms with Crippen LogP contribution in [0.15, 0.2) is 48.5 Å². The van der Waals surface area contributed by atoms with Crippen LogP contribution in [0.25, 0.3) is 0 Å². The molecule has 0 bridgehead atoms. The Hall–Kier alpha value is -3.53. The molecular weight excluding hydrogens is 370 g/mol. The van der Waals surface area contributed by atoms with Gasteiger partial charge in [0, 0.05) is 24.8 Å². The number of anilines is 1. The number of nitrogens with one attached hydrogen (secondary N) is 1. The average molecular weight is 393 g/mol. The van der Waals surface area contributed by atoms with E-state index in [9.17, 15) is 9.59 Å². The van der Waals surface area contributed by atoms with Crippen molar-refractivity contribution in [3.8, 4) is 17.6 Å². The predicted molar refractivity (Wildman–Crippen MR) is 108 cm³/mol. The first-order valence-electron chi connectivity index (χ1n) is 9.54. The van der Waals surface area contributed by atoms with E-state index in [1.54, 1.807) is 60.4 Å². The fraction of sp³-hybridized carbons (Fsp3) is 0.318. The van der Waals surface area contributed by atoms with Gasteiger partial charge in [0.25, 0.3) is 11.8 Å². The van der Waals surface area contributed by atoms with E-state index in [0.717, 1.165) is 25.9 Å². The molecule has 1 fully saturated rings. The lowest BCUT2D eigenvalue weighted by atomic mass is 10.2. The maximum Gasteiger partial charge on any atom is 0.265 e. The lowest BCUT2D eigenvalue weighted by Crippen LogP contribution is -2.32. The minimum Gasteiger partial charge on any atom is -0.484 e. The first kappa shape index (κ1) is 20.2. The number of likely N-dealkylation sites (tertiary alicyclic amines) is 1. The van der Waals surface area contributed by atoms with Gasteiger partial charge in [-0.25, -0.2) is 0 Å². The Bertz CT molecular complexity index is 916. The van der Waals surface area contributed by atoms with Crippen molar-refractivity contribution in [3.05, 3.63) is 54.1 Å². The van der Waals surface area contributed by atoms with Crippen molar-refractivity contribution in [2.75, 3.05) is 25.0 Å². The van der Waals surface area contributed by atoms with Crippen LogP contribution >= 0.6 is 0 Å². The van der Waals surface area contributed by atoms with Crippen LogP contribution in [0.2, 0.25) is 0 Å². The van der Waals surface area contributed by atoms with E-state index in [0.29, 0.717) is 22.7 Å². The molecule has 7 heteroatoms. The Morgan fingerprint density at radius 1 is 1.17 bits per heavy atom. The molecule has 1 aliphatic heterocycles. The topological polar surface area (TPSA) is 91.7 Å². The molecule has 0 saturated carbocycles. The predicted octanol–water partition coefficient (Wildman–Crippen LogP) is 2.97. The second-order valence-electron chi connectivity index (χ2n) is 6.76. The maximum atomic E-state index is 12.4. The van der Waals surface area contributed by atoms with Gasteiger partial charge in [0.05, 0.1) is 5.56 Å². The van der Waals surface area contributed by atoms with Crippen molar-refractivity contribution in [3.63, 3.8) is 0 Å². The summed E-state index contributed by atoms with van der Waals surface area (Å²) >= 11 is 0. The number of carbonyl (C=O) groups excluding carboxylic acids is 2. The third-order valence-corrected chi connectivity index (χ3v) is 4.60. The maximum absolute atomic E-state index is 12.4. The van der Waals surface area contributed by atoms with Gasteiger partial charge in [-0.2, -0.15) is 5.26 Å². The number of rotatable bonds is 7. The molecular formula is C22H23N3O4. The van der Waals surface area contributed by atoms with Gasteiger partial charge in [0.2, 0.25) is 0 Å². The molecule has 1 saturated heterocycles. The number of hydrogen-bond donors (Lipinski definition) is 1. The summed E-state index contributed by atoms with van der Waals surface area (Å²) in [6.07, 6.45) is 1.27. The largest absolute Gasteiger partial charge is 0.484 e. The van der Waals surface area contributed by atoms with Crippen LogP contribution in [0.1, 0.15) is 25.3 Å². The van der Waals surface area contributed by atoms with Crippen molar-refractivity contribution in [1.29, 1.82) is 5.26 Å². The van der Waals surface area contributed by atoms with Gasteiger partial charge in [-0.3, -0.25) is 9.59 Å². The zero-order chi connectivity index (χ0) is 20.6. The van der Waals surface area contributed by atoms with Crippen molar-refractivity contribution < 1.29 is 19.1 Å². The highest BCUT2D eigenvalue weighted by atomic mass is 16.5. The molecule has 150 valence electrons. The molecule has 0 radical (unpaired) electrons. The van der Waals surface area contributed by atoms with E-state index >= 15 is 0 Å². The van der Waals surface area contributed by atoms with Crippen LogP contribution < -0.4 is 14.8 Å². The molecule has 0 aromatic heterocycles. The number of hydrogen-bond acceptors (Lipinski definition) is 5. The molecule has 1 heterocycles. The van der Waals surface area contributed by atoms with Crippen molar-refractivity contribution in [1.82, 2.24) is 4.90 Å². The SMILES string of the molecule is CC(Oc1ccccc1C#N)C(=O)Nc1cccc(OCC(=O)N2CCCC2)c1. The van der Waals surface area contributed by atoms with Crippen LogP contribution in [-0.4, -0.2) is 42.5 Å². The number of amides is 2. The number of nitrogens with zero attached hydrogens (tertiary/aromatic N) is 2. The monoisotopic (exact) mass is 393 g/mol. The van der Waals surface area contributed by atoms with Crippen LogP contribution in [0.5, 0.6) is 11.5 Å². The van der Waals surface area contributed by atoms with E-state index in [1.165, 1.54) is 0 Å². The van der Waals surface area contributed by atoms with E-state index < -0.39 is 6.10 Å². The smallest absolute Gasteiger partial charge is 0.265 e. The summed E-state index contributed by atoms with van der Waals surface area (Å²) in [5.41, 5.74) is 0.898. The highest BCUT2D eigenvalue weighted by Gasteiger charge is 2.19. The summed E-state index contributed by atoms with van der Waals surface area (Å²) in [6, 6.07) is 15.6. The van der Waals surface area contributed by atoms with Crippen LogP contribution in [0.4, 0.5) is 5.69 Å². The zero-order valence-corrected chi connectivity index (χ0v) is 16.3. The normalized spacial score (nSPS) is 14.0. The lowest BCUT2D eigenvalue weighted by Gasteiger charge is -2.17. The summed E-state index contributed by atoms with van der Waals surface area (Å²) in [5.74, 6) is 0.465. The first-order valence-corrected chi connectivity index (χ1v) is 9.54. The molecule has 0 spiro atoms. The number of carbonyl (C=O) groups is 2. The van der Waals surface area contributed by atoms with Gasteiger partial charge in [-0.05, 0) is 44.0 Å². The van der Waals surface area contributed by atoms with E-state index in [1.807, 2.05) is 6.07 Å². The Labute approximate surface area is 169 Å². The minimum atomic E-state index is -0.800. The number of para-hydroxylation sites is 1. The van der Waals surface area contributed by atoms with Crippen molar-refractivity contribution >= 4 is 17.5 Å². The summed E-state index contributed by atoms with van der Waals surface area (Å²) < 4.78 is 11.2. The molecule has 1 atom stereocenters. The average Bonchev–Trinajstić information content (AvgIpc) is 3.27.